The Morgan fingerprint density at radius 2 is 0.606 bits per heavy atom. The van der Waals surface area contributed by atoms with Gasteiger partial charge in [0, 0.05) is 60.4 Å². The molecule has 16 nitrogen and oxygen atoms in total. The first-order chi connectivity index (χ1) is 15.1. The zero-order chi connectivity index (χ0) is 25.6. The fourth-order valence-corrected chi connectivity index (χ4v) is 0.819. The van der Waals surface area contributed by atoms with Gasteiger partial charge in [0.25, 0.3) is 0 Å². The molecule has 0 aliphatic rings. The Morgan fingerprint density at radius 3 is 0.697 bits per heavy atom. The van der Waals surface area contributed by atoms with Gasteiger partial charge in [-0.15, -0.1) is 0 Å². The largest absolute Gasteiger partial charge is 0.520 e. The molecule has 0 rings (SSSR count). The summed E-state index contributed by atoms with van der Waals surface area (Å²) >= 11 is 0. The second kappa shape index (κ2) is 36.2. The first-order valence-corrected chi connectivity index (χ1v) is 8.46. The van der Waals surface area contributed by atoms with Crippen molar-refractivity contribution in [2.75, 3.05) is 26.7 Å². The molecule has 0 aromatic heterocycles. The molecule has 0 atom stereocenters. The number of rotatable bonds is 12. The Kier molecular flexibility index (Phi) is 44.2. The van der Waals surface area contributed by atoms with Gasteiger partial charge in [-0.2, -0.15) is 25.6 Å². The fraction of sp³-hybridized carbons (Fsp3) is 0.500. The zero-order valence-electron chi connectivity index (χ0n) is 18.7. The minimum atomic E-state index is -0.173. The summed E-state index contributed by atoms with van der Waals surface area (Å²) in [7, 11) is 0. The summed E-state index contributed by atoms with van der Waals surface area (Å²) < 4.78 is 0. The van der Waals surface area contributed by atoms with Gasteiger partial charge in [-0.3, -0.25) is 19.2 Å². The van der Waals surface area contributed by atoms with Gasteiger partial charge >= 0.3 is 0 Å². The fourth-order valence-electron chi connectivity index (χ4n) is 0.819. The maximum atomic E-state index is 10.0. The molecule has 0 aromatic carbocycles. The van der Waals surface area contributed by atoms with Gasteiger partial charge in [-0.05, 0) is 0 Å². The van der Waals surface area contributed by atoms with E-state index in [0.29, 0.717) is 0 Å². The van der Waals surface area contributed by atoms with Crippen molar-refractivity contribution in [3.05, 3.63) is 0 Å². The van der Waals surface area contributed by atoms with Gasteiger partial charge in [-0.25, -0.2) is 0 Å². The minimum Gasteiger partial charge on any atom is -0.520 e. The van der Waals surface area contributed by atoms with E-state index in [1.165, 1.54) is 53.3 Å². The Morgan fingerprint density at radius 1 is 0.455 bits per heavy atom. The normalized spacial score (nSPS) is 7.39. The van der Waals surface area contributed by atoms with Crippen LogP contribution in [0.2, 0.25) is 0 Å². The maximum Gasteiger partial charge on any atom is 0.218 e. The molecule has 0 aromatic rings. The molecule has 0 aliphatic carbocycles. The summed E-state index contributed by atoms with van der Waals surface area (Å²) in [5.74, 6) is -0.694. The van der Waals surface area contributed by atoms with Crippen molar-refractivity contribution in [1.82, 2.24) is 42.5 Å². The predicted molar refractivity (Wildman–Crippen MR) is 110 cm³/mol. The molecule has 8 amide bonds. The Bertz CT molecular complexity index is 471. The van der Waals surface area contributed by atoms with E-state index in [2.05, 4.69) is 42.5 Å². The van der Waals surface area contributed by atoms with Crippen molar-refractivity contribution < 1.29 is 71.1 Å². The van der Waals surface area contributed by atoms with Crippen molar-refractivity contribution in [3.63, 3.8) is 0 Å². The molecular weight excluding hydrogens is 521 g/mol. The third-order valence-corrected chi connectivity index (χ3v) is 1.99. The molecule has 8 N–H and O–H groups in total. The van der Waals surface area contributed by atoms with E-state index in [0.717, 1.165) is 0 Å². The zero-order valence-corrected chi connectivity index (χ0v) is 21.5. The number of hydrogen-bond donors (Lipinski definition) is 8. The Labute approximate surface area is 216 Å². The topological polar surface area (TPSA) is 233 Å². The van der Waals surface area contributed by atoms with Crippen LogP contribution in [-0.4, -0.2) is 75.9 Å². The van der Waals surface area contributed by atoms with Crippen LogP contribution in [0.4, 0.5) is 0 Å². The second-order valence-corrected chi connectivity index (χ2v) is 4.75. The van der Waals surface area contributed by atoms with Gasteiger partial charge in [0.05, 0.1) is 26.7 Å². The average molecular weight is 549 g/mol. The summed E-state index contributed by atoms with van der Waals surface area (Å²) in [6.07, 6.45) is 5.63. The smallest absolute Gasteiger partial charge is 0.218 e. The van der Waals surface area contributed by atoms with Gasteiger partial charge in [0.2, 0.25) is 23.6 Å². The number of amides is 8. The second-order valence-electron chi connectivity index (χ2n) is 4.75. The number of hydrogen-bond acceptors (Lipinski definition) is 8. The predicted octanol–water partition coefficient (Wildman–Crippen LogP) is -5.06. The van der Waals surface area contributed by atoms with E-state index in [-0.39, 0.29) is 83.0 Å². The summed E-state index contributed by atoms with van der Waals surface area (Å²) in [6, 6.07) is 0. The van der Waals surface area contributed by atoms with Crippen molar-refractivity contribution in [3.8, 4) is 0 Å². The molecule has 0 fully saturated rings. The molecule has 0 spiro atoms. The summed E-state index contributed by atoms with van der Waals surface area (Å²) in [5.41, 5.74) is 0. The molecule has 17 heteroatoms. The Balaban J connectivity index is -0.000000105. The summed E-state index contributed by atoms with van der Waals surface area (Å²) in [5, 5.41) is 17.9. The summed E-state index contributed by atoms with van der Waals surface area (Å²) in [4.78, 5) is 77.7. The van der Waals surface area contributed by atoms with Crippen LogP contribution >= 0.6 is 0 Å². The van der Waals surface area contributed by atoms with E-state index in [1.54, 1.807) is 0 Å². The molecule has 0 heterocycles. The van der Waals surface area contributed by atoms with Gasteiger partial charge < -0.3 is 61.7 Å². The first-order valence-electron chi connectivity index (χ1n) is 8.46. The molecule has 0 saturated carbocycles. The summed E-state index contributed by atoms with van der Waals surface area (Å²) in [6.45, 7) is 6.08. The van der Waals surface area contributed by atoms with Crippen molar-refractivity contribution in [2.45, 2.75) is 27.7 Å². The molecule has 0 aliphatic heterocycles. The van der Waals surface area contributed by atoms with E-state index in [1.807, 2.05) is 0 Å². The van der Waals surface area contributed by atoms with E-state index in [9.17, 15) is 38.4 Å². The molecular formula is C16H28N8O8Y-4. The van der Waals surface area contributed by atoms with Crippen LogP contribution in [0.5, 0.6) is 0 Å². The van der Waals surface area contributed by atoms with Crippen LogP contribution in [0.1, 0.15) is 27.7 Å². The SMILES string of the molecule is CC(=O)NCN[C-]=O.CC(=O)NCN[C-]=O.CC(=O)NCN[C-]=O.CC(=O)NCN[C-]=O.[Y]. The van der Waals surface area contributed by atoms with Crippen LogP contribution in [0.15, 0.2) is 0 Å². The van der Waals surface area contributed by atoms with Crippen LogP contribution in [0.3, 0.4) is 0 Å². The van der Waals surface area contributed by atoms with E-state index < -0.39 is 0 Å². The van der Waals surface area contributed by atoms with Crippen molar-refractivity contribution >= 4 is 49.3 Å². The number of nitrogens with one attached hydrogen (secondary N) is 8. The minimum absolute atomic E-state index is 0. The molecule has 0 saturated heterocycles. The Hall–Kier alpha value is -3.14. The third kappa shape index (κ3) is 73.2. The van der Waals surface area contributed by atoms with Gasteiger partial charge in [-0.1, -0.05) is 0 Å². The average Bonchev–Trinajstić information content (AvgIpc) is 2.69. The standard InChI is InChI=1S/4C4H7N2O2.Y/c4*1-4(8)6-2-5-3-7;/h4*2H2,1H3,(H,5,7)(H,6,8);/q4*-1;. The quantitative estimate of drug-likeness (QED) is 0.0507. The number of carbonyl (C=O) groups excluding carboxylic acids is 8. The van der Waals surface area contributed by atoms with E-state index >= 15 is 0 Å². The van der Waals surface area contributed by atoms with Gasteiger partial charge in [0.1, 0.15) is 0 Å². The molecule has 33 heavy (non-hydrogen) atoms. The molecule has 0 unspecified atom stereocenters. The van der Waals surface area contributed by atoms with Crippen molar-refractivity contribution in [2.24, 2.45) is 0 Å². The van der Waals surface area contributed by atoms with Crippen LogP contribution in [0.25, 0.3) is 0 Å². The van der Waals surface area contributed by atoms with Crippen LogP contribution < -0.4 is 42.5 Å². The maximum absolute atomic E-state index is 10.0. The first kappa shape index (κ1) is 40.2. The van der Waals surface area contributed by atoms with E-state index in [4.69, 9.17) is 0 Å². The molecule has 1 radical (unpaired) electrons. The monoisotopic (exact) mass is 549 g/mol. The van der Waals surface area contributed by atoms with Gasteiger partial charge in [0.15, 0.2) is 0 Å². The van der Waals surface area contributed by atoms with Crippen LogP contribution in [0, 0.1) is 0 Å². The van der Waals surface area contributed by atoms with Crippen molar-refractivity contribution in [1.29, 1.82) is 0 Å². The third-order valence-electron chi connectivity index (χ3n) is 1.99. The van der Waals surface area contributed by atoms with Crippen LogP contribution in [-0.2, 0) is 71.1 Å². The molecule has 0 bridgehead atoms. The number of carbonyl (C=O) groups is 4. The molecule has 187 valence electrons.